The van der Waals surface area contributed by atoms with Gasteiger partial charge in [-0.25, -0.2) is 4.98 Å². The molecule has 0 saturated carbocycles. The minimum atomic E-state index is -3.39. The lowest BCUT2D eigenvalue weighted by Gasteiger charge is -2.22. The van der Waals surface area contributed by atoms with Gasteiger partial charge in [0.25, 0.3) is 0 Å². The predicted molar refractivity (Wildman–Crippen MR) is 113 cm³/mol. The van der Waals surface area contributed by atoms with Crippen LogP contribution in [-0.2, 0) is 29.6 Å². The van der Waals surface area contributed by atoms with Gasteiger partial charge in [-0.3, -0.25) is 4.57 Å². The average Bonchev–Trinajstić information content (AvgIpc) is 2.94. The molecule has 0 fully saturated rings. The van der Waals surface area contributed by atoms with Gasteiger partial charge < -0.3 is 33.6 Å². The fourth-order valence-corrected chi connectivity index (χ4v) is 4.39. The fraction of sp³-hybridized carbons (Fsp3) is 0.706. The lowest BCUT2D eigenvalue weighted by atomic mass is 10.1. The minimum absolute atomic E-state index is 0.0966. The Morgan fingerprint density at radius 2 is 1.73 bits per heavy atom. The fourth-order valence-electron chi connectivity index (χ4n) is 2.58. The van der Waals surface area contributed by atoms with Gasteiger partial charge in [0.05, 0.1) is 31.1 Å². The number of imidazole rings is 1. The monoisotopic (exact) mass is 441 g/mol. The first kappa shape index (κ1) is 24.6. The molecule has 0 aromatic carbocycles. The summed E-state index contributed by atoms with van der Waals surface area (Å²) in [5, 5.41) is 0. The second-order valence-corrected chi connectivity index (χ2v) is 8.88. The highest BCUT2D eigenvalue weighted by Gasteiger charge is 2.28. The van der Waals surface area contributed by atoms with E-state index < -0.39 is 7.60 Å². The number of nitrogens with zero attached hydrogens (tertiary/aromatic N) is 4. The van der Waals surface area contributed by atoms with Gasteiger partial charge in [-0.05, 0) is 27.7 Å². The van der Waals surface area contributed by atoms with Gasteiger partial charge in [0.1, 0.15) is 18.5 Å². The summed E-state index contributed by atoms with van der Waals surface area (Å²) in [4.78, 5) is 12.6. The number of rotatable bonds is 13. The Morgan fingerprint density at radius 3 is 2.33 bits per heavy atom. The highest BCUT2D eigenvalue weighted by Crippen LogP contribution is 2.50. The van der Waals surface area contributed by atoms with Crippen molar-refractivity contribution >= 4 is 38.1 Å². The molecule has 0 bridgehead atoms. The number of aromatic nitrogens is 4. The molecular weight excluding hydrogens is 412 g/mol. The lowest BCUT2D eigenvalue weighted by Crippen LogP contribution is -2.22. The minimum Gasteiger partial charge on any atom is -0.461 e. The number of hydrogen-bond donors (Lipinski definition) is 1. The summed E-state index contributed by atoms with van der Waals surface area (Å²) in [5.41, 5.74) is 6.93. The molecule has 0 atom stereocenters. The summed E-state index contributed by atoms with van der Waals surface area (Å²) in [6, 6.07) is 0.0966. The Kier molecular flexibility index (Phi) is 9.05. The van der Waals surface area contributed by atoms with Crippen LogP contribution >= 0.6 is 7.60 Å². The zero-order valence-electron chi connectivity index (χ0n) is 18.0. The molecule has 0 aliphatic carbocycles. The van der Waals surface area contributed by atoms with E-state index in [0.29, 0.717) is 24.3 Å². The Bertz CT molecular complexity index is 864. The summed E-state index contributed by atoms with van der Waals surface area (Å²) >= 11 is 0. The summed E-state index contributed by atoms with van der Waals surface area (Å²) < 4.78 is 41.3. The number of hydrogen-bond acceptors (Lipinski definition) is 10. The quantitative estimate of drug-likeness (QED) is 0.275. The first-order chi connectivity index (χ1) is 14.1. The summed E-state index contributed by atoms with van der Waals surface area (Å²) in [6.45, 7) is 8.25. The first-order valence-electron chi connectivity index (χ1n) is 9.59. The number of fused-ring (bicyclic) bond motifs is 1. The van der Waals surface area contributed by atoms with Gasteiger partial charge in [0, 0.05) is 13.7 Å². The van der Waals surface area contributed by atoms with Gasteiger partial charge in [0.2, 0.25) is 0 Å². The van der Waals surface area contributed by atoms with Crippen LogP contribution in [0.15, 0.2) is 0 Å². The molecule has 2 heterocycles. The Labute approximate surface area is 177 Å². The number of ether oxygens (including phenoxy) is 3. The van der Waals surface area contributed by atoms with Gasteiger partial charge in [0.15, 0.2) is 19.3 Å². The van der Waals surface area contributed by atoms with Crippen molar-refractivity contribution in [1.29, 1.82) is 0 Å². The third-order valence-electron chi connectivity index (χ3n) is 3.60. The van der Waals surface area contributed by atoms with Crippen LogP contribution in [0.3, 0.4) is 0 Å². The SMILES string of the molecule is [B]c1nc2c(N)nc(OCCOC)nc2n1CCOCP(=O)(OC(C)C)OC(C)C. The highest BCUT2D eigenvalue weighted by molar-refractivity contribution is 7.53. The molecule has 30 heavy (non-hydrogen) atoms. The van der Waals surface area contributed by atoms with E-state index in [-0.39, 0.29) is 49.3 Å². The van der Waals surface area contributed by atoms with Crippen LogP contribution in [0.1, 0.15) is 27.7 Å². The van der Waals surface area contributed by atoms with Crippen molar-refractivity contribution in [3.63, 3.8) is 0 Å². The molecule has 0 unspecified atom stereocenters. The van der Waals surface area contributed by atoms with E-state index in [4.69, 9.17) is 36.8 Å². The third-order valence-corrected chi connectivity index (χ3v) is 5.59. The van der Waals surface area contributed by atoms with Crippen molar-refractivity contribution in [2.24, 2.45) is 0 Å². The molecule has 11 nitrogen and oxygen atoms in total. The number of nitrogens with two attached hydrogens (primary N) is 1. The van der Waals surface area contributed by atoms with Crippen LogP contribution in [0.25, 0.3) is 11.2 Å². The maximum absolute atomic E-state index is 12.8. The topological polar surface area (TPSA) is 133 Å². The first-order valence-corrected chi connectivity index (χ1v) is 11.3. The Hall–Kier alpha value is -1.72. The highest BCUT2D eigenvalue weighted by atomic mass is 31.2. The molecule has 0 saturated heterocycles. The van der Waals surface area contributed by atoms with Crippen LogP contribution in [0, 0.1) is 0 Å². The van der Waals surface area contributed by atoms with Crippen molar-refractivity contribution in [2.45, 2.75) is 46.4 Å². The normalized spacial score (nSPS) is 12.4. The van der Waals surface area contributed by atoms with Crippen LogP contribution in [-0.4, -0.2) is 72.9 Å². The Balaban J connectivity index is 2.07. The van der Waals surface area contributed by atoms with Gasteiger partial charge in [-0.15, -0.1) is 0 Å². The summed E-state index contributed by atoms with van der Waals surface area (Å²) in [6.07, 6.45) is -0.705. The van der Waals surface area contributed by atoms with Crippen molar-refractivity contribution in [3.8, 4) is 6.01 Å². The van der Waals surface area contributed by atoms with Gasteiger partial charge >= 0.3 is 13.6 Å². The standard InChI is InChI=1S/C17H29BN5O6P/c1-11(2)28-30(24,29-12(3)4)10-26-7-6-23-15-13(20-16(23)18)14(19)21-17(22-15)27-9-8-25-5/h11-12H,6-10H2,1-5H3,(H2,19,21,22). The van der Waals surface area contributed by atoms with Crippen LogP contribution in [0.5, 0.6) is 6.01 Å². The van der Waals surface area contributed by atoms with E-state index in [2.05, 4.69) is 15.0 Å². The molecule has 2 radical (unpaired) electrons. The van der Waals surface area contributed by atoms with Crippen LogP contribution < -0.4 is 16.2 Å². The van der Waals surface area contributed by atoms with Crippen molar-refractivity contribution in [1.82, 2.24) is 19.5 Å². The van der Waals surface area contributed by atoms with Crippen molar-refractivity contribution in [3.05, 3.63) is 0 Å². The smallest absolute Gasteiger partial charge is 0.356 e. The van der Waals surface area contributed by atoms with E-state index in [1.165, 1.54) is 0 Å². The van der Waals surface area contributed by atoms with E-state index in [9.17, 15) is 4.57 Å². The van der Waals surface area contributed by atoms with E-state index in [1.54, 1.807) is 39.4 Å². The second kappa shape index (κ2) is 11.1. The van der Waals surface area contributed by atoms with Crippen molar-refractivity contribution < 1.29 is 27.8 Å². The average molecular weight is 441 g/mol. The number of methoxy groups -OCH3 is 1. The van der Waals surface area contributed by atoms with Crippen molar-refractivity contribution in [2.75, 3.05) is 39.0 Å². The van der Waals surface area contributed by atoms with E-state index in [1.807, 2.05) is 0 Å². The number of nitrogen functional groups attached to an aromatic ring is 1. The van der Waals surface area contributed by atoms with Crippen LogP contribution in [0.4, 0.5) is 5.82 Å². The van der Waals surface area contributed by atoms with E-state index in [0.717, 1.165) is 0 Å². The Morgan fingerprint density at radius 1 is 1.07 bits per heavy atom. The van der Waals surface area contributed by atoms with Crippen LogP contribution in [0.2, 0.25) is 0 Å². The number of anilines is 1. The molecule has 2 N–H and O–H groups in total. The molecule has 0 amide bonds. The summed E-state index contributed by atoms with van der Waals surface area (Å²) in [5.74, 6) is 0.152. The molecular formula is C17H29BN5O6P. The maximum atomic E-state index is 12.8. The second-order valence-electron chi connectivity index (χ2n) is 6.98. The zero-order chi connectivity index (χ0) is 22.3. The molecule has 2 rings (SSSR count). The summed E-state index contributed by atoms with van der Waals surface area (Å²) in [7, 11) is 4.18. The molecule has 2 aromatic heterocycles. The lowest BCUT2D eigenvalue weighted by molar-refractivity contribution is 0.0963. The van der Waals surface area contributed by atoms with E-state index >= 15 is 0 Å². The predicted octanol–water partition coefficient (Wildman–Crippen LogP) is 1.24. The van der Waals surface area contributed by atoms with Gasteiger partial charge in [-0.2, -0.15) is 9.97 Å². The largest absolute Gasteiger partial charge is 0.461 e. The molecule has 2 aromatic rings. The van der Waals surface area contributed by atoms with Gasteiger partial charge in [-0.1, -0.05) is 0 Å². The molecule has 0 aliphatic rings. The maximum Gasteiger partial charge on any atom is 0.356 e. The third kappa shape index (κ3) is 6.92. The molecule has 0 aliphatic heterocycles. The molecule has 13 heteroatoms. The molecule has 166 valence electrons. The zero-order valence-corrected chi connectivity index (χ0v) is 18.9. The molecule has 0 spiro atoms.